The molecule has 3 nitrogen and oxygen atoms in total. The van der Waals surface area contributed by atoms with Gasteiger partial charge in [-0.3, -0.25) is 4.79 Å². The predicted octanol–water partition coefficient (Wildman–Crippen LogP) is 6.40. The van der Waals surface area contributed by atoms with Crippen molar-refractivity contribution in [3.05, 3.63) is 66.0 Å². The lowest BCUT2D eigenvalue weighted by molar-refractivity contribution is -0.117. The van der Waals surface area contributed by atoms with E-state index >= 15 is 0 Å². The van der Waals surface area contributed by atoms with Gasteiger partial charge < -0.3 is 0 Å². The molecule has 0 bridgehead atoms. The lowest BCUT2D eigenvalue weighted by Gasteiger charge is -2.57. The van der Waals surface area contributed by atoms with Crippen molar-refractivity contribution >= 4 is 11.4 Å². The van der Waals surface area contributed by atoms with E-state index in [1.54, 1.807) is 0 Å². The molecule has 3 heteroatoms. The lowest BCUT2D eigenvalue weighted by Crippen LogP contribution is -2.49. The van der Waals surface area contributed by atoms with Crippen molar-refractivity contribution in [3.63, 3.8) is 0 Å². The average Bonchev–Trinajstić information content (AvgIpc) is 3.38. The van der Waals surface area contributed by atoms with E-state index < -0.39 is 0 Å². The van der Waals surface area contributed by atoms with Crippen LogP contribution in [0.15, 0.2) is 60.3 Å². The van der Waals surface area contributed by atoms with Gasteiger partial charge in [-0.1, -0.05) is 43.7 Å². The van der Waals surface area contributed by atoms with Crippen molar-refractivity contribution in [1.29, 1.82) is 0 Å². The Hall–Kier alpha value is -2.42. The maximum Gasteiger partial charge on any atom is 0.155 e. The molecule has 1 heterocycles. The van der Waals surface area contributed by atoms with E-state index in [1.807, 2.05) is 12.3 Å². The molecule has 1 aromatic heterocycles. The highest BCUT2D eigenvalue weighted by Gasteiger charge is 2.57. The van der Waals surface area contributed by atoms with Gasteiger partial charge in [-0.05, 0) is 97.0 Å². The standard InChI is InChI=1S/C28H32N2O/c1-27-15-12-21(31)18-19(27)8-9-22-23-10-11-25(28(23,2)16-13-24(22)27)26-14-17-29-30(26)20-6-4-3-5-7-20/h3-7,11,14,17-18,22-24H,8-10,12-13,15-16H2,1-2H3/t22-,23-,24-,27-,28-/m0/s1. The highest BCUT2D eigenvalue weighted by molar-refractivity contribution is 5.91. The quantitative estimate of drug-likeness (QED) is 0.572. The Labute approximate surface area is 185 Å². The van der Waals surface area contributed by atoms with E-state index in [9.17, 15) is 4.79 Å². The van der Waals surface area contributed by atoms with Crippen LogP contribution in [0.5, 0.6) is 0 Å². The van der Waals surface area contributed by atoms with Crippen LogP contribution in [0.4, 0.5) is 0 Å². The first-order valence-electron chi connectivity index (χ1n) is 12.0. The van der Waals surface area contributed by atoms with E-state index in [0.29, 0.717) is 11.7 Å². The van der Waals surface area contributed by atoms with E-state index in [1.165, 1.54) is 42.5 Å². The number of aromatic nitrogens is 2. The fourth-order valence-corrected chi connectivity index (χ4v) is 7.81. The largest absolute Gasteiger partial charge is 0.295 e. The zero-order chi connectivity index (χ0) is 21.2. The number of benzene rings is 1. The van der Waals surface area contributed by atoms with Gasteiger partial charge in [-0.15, -0.1) is 0 Å². The van der Waals surface area contributed by atoms with Crippen LogP contribution < -0.4 is 0 Å². The summed E-state index contributed by atoms with van der Waals surface area (Å²) in [6, 6.07) is 12.7. The fraction of sp³-hybridized carbons (Fsp3) is 0.500. The van der Waals surface area contributed by atoms with Crippen molar-refractivity contribution in [1.82, 2.24) is 9.78 Å². The number of para-hydroxylation sites is 1. The molecule has 2 aromatic rings. The number of hydrogen-bond acceptors (Lipinski definition) is 2. The third-order valence-electron chi connectivity index (χ3n) is 9.46. The number of nitrogens with zero attached hydrogens (tertiary/aromatic N) is 2. The SMILES string of the molecule is C[C@]12CCC(=O)C=C1CC[C@@H]1[C@@H]2CC[C@]2(C)C(c3ccnn3-c3ccccc3)=CC[C@@H]12. The molecule has 0 aliphatic heterocycles. The summed E-state index contributed by atoms with van der Waals surface area (Å²) in [5.41, 5.74) is 5.82. The molecule has 0 radical (unpaired) electrons. The number of allylic oxidation sites excluding steroid dienone is 4. The molecular formula is C28H32N2O. The van der Waals surface area contributed by atoms with Crippen LogP contribution in [0.1, 0.15) is 64.5 Å². The zero-order valence-electron chi connectivity index (χ0n) is 18.7. The molecule has 6 rings (SSSR count). The zero-order valence-corrected chi connectivity index (χ0v) is 18.7. The van der Waals surface area contributed by atoms with Gasteiger partial charge in [0.25, 0.3) is 0 Å². The molecule has 4 aliphatic carbocycles. The molecule has 2 fully saturated rings. The molecule has 5 atom stereocenters. The summed E-state index contributed by atoms with van der Waals surface area (Å²) >= 11 is 0. The Bertz CT molecular complexity index is 1090. The molecule has 0 spiro atoms. The first-order chi connectivity index (χ1) is 15.0. The van der Waals surface area contributed by atoms with Gasteiger partial charge in [0, 0.05) is 6.42 Å². The molecule has 0 unspecified atom stereocenters. The smallest absolute Gasteiger partial charge is 0.155 e. The maximum atomic E-state index is 12.1. The van der Waals surface area contributed by atoms with Gasteiger partial charge in [0.2, 0.25) is 0 Å². The Morgan fingerprint density at radius 1 is 0.968 bits per heavy atom. The van der Waals surface area contributed by atoms with Gasteiger partial charge in [0.1, 0.15) is 0 Å². The van der Waals surface area contributed by atoms with E-state index in [-0.39, 0.29) is 10.8 Å². The van der Waals surface area contributed by atoms with Crippen molar-refractivity contribution in [2.24, 2.45) is 28.6 Å². The minimum Gasteiger partial charge on any atom is -0.295 e. The van der Waals surface area contributed by atoms with Crippen LogP contribution in [-0.4, -0.2) is 15.6 Å². The van der Waals surface area contributed by atoms with Crippen LogP contribution in [0.2, 0.25) is 0 Å². The molecule has 0 N–H and O–H groups in total. The maximum absolute atomic E-state index is 12.1. The molecule has 0 amide bonds. The second kappa shape index (κ2) is 6.79. The monoisotopic (exact) mass is 412 g/mol. The Morgan fingerprint density at radius 3 is 2.65 bits per heavy atom. The normalized spacial score (nSPS) is 36.8. The second-order valence-electron chi connectivity index (χ2n) is 10.7. The first kappa shape index (κ1) is 19.3. The van der Waals surface area contributed by atoms with Gasteiger partial charge in [-0.25, -0.2) is 4.68 Å². The van der Waals surface area contributed by atoms with E-state index in [0.717, 1.165) is 36.8 Å². The Balaban J connectivity index is 1.34. The minimum absolute atomic E-state index is 0.218. The van der Waals surface area contributed by atoms with Crippen LogP contribution in [0.3, 0.4) is 0 Å². The van der Waals surface area contributed by atoms with E-state index in [2.05, 4.69) is 66.1 Å². The van der Waals surface area contributed by atoms with Crippen LogP contribution in [-0.2, 0) is 4.79 Å². The molecule has 4 aliphatic rings. The summed E-state index contributed by atoms with van der Waals surface area (Å²) in [6.45, 7) is 4.99. The topological polar surface area (TPSA) is 34.9 Å². The average molecular weight is 413 g/mol. The van der Waals surface area contributed by atoms with Crippen molar-refractivity contribution in [2.45, 2.75) is 58.8 Å². The number of fused-ring (bicyclic) bond motifs is 5. The fourth-order valence-electron chi connectivity index (χ4n) is 7.81. The van der Waals surface area contributed by atoms with Crippen LogP contribution >= 0.6 is 0 Å². The second-order valence-corrected chi connectivity index (χ2v) is 10.7. The first-order valence-corrected chi connectivity index (χ1v) is 12.0. The van der Waals surface area contributed by atoms with Crippen molar-refractivity contribution in [3.8, 4) is 5.69 Å². The molecule has 160 valence electrons. The van der Waals surface area contributed by atoms with Crippen LogP contribution in [0, 0.1) is 28.6 Å². The summed E-state index contributed by atoms with van der Waals surface area (Å²) in [7, 11) is 0. The van der Waals surface area contributed by atoms with Crippen molar-refractivity contribution in [2.75, 3.05) is 0 Å². The highest BCUT2D eigenvalue weighted by atomic mass is 16.1. The van der Waals surface area contributed by atoms with Crippen LogP contribution in [0.25, 0.3) is 11.3 Å². The summed E-state index contributed by atoms with van der Waals surface area (Å²) < 4.78 is 2.13. The van der Waals surface area contributed by atoms with Gasteiger partial charge >= 0.3 is 0 Å². The predicted molar refractivity (Wildman–Crippen MR) is 124 cm³/mol. The number of carbonyl (C=O) groups is 1. The molecule has 2 saturated carbocycles. The minimum atomic E-state index is 0.218. The molecule has 1 aromatic carbocycles. The number of ketones is 1. The van der Waals surface area contributed by atoms with Gasteiger partial charge in [0.05, 0.1) is 17.6 Å². The molecule has 0 saturated heterocycles. The summed E-state index contributed by atoms with van der Waals surface area (Å²) in [5.74, 6) is 2.54. The Morgan fingerprint density at radius 2 is 1.81 bits per heavy atom. The lowest BCUT2D eigenvalue weighted by atomic mass is 9.47. The summed E-state index contributed by atoms with van der Waals surface area (Å²) in [4.78, 5) is 12.1. The third-order valence-corrected chi connectivity index (χ3v) is 9.46. The third kappa shape index (κ3) is 2.71. The number of carbonyl (C=O) groups excluding carboxylic acids is 1. The van der Waals surface area contributed by atoms with Crippen molar-refractivity contribution < 1.29 is 4.79 Å². The van der Waals surface area contributed by atoms with Gasteiger partial charge in [0.15, 0.2) is 5.78 Å². The number of hydrogen-bond donors (Lipinski definition) is 0. The number of rotatable bonds is 2. The molecule has 31 heavy (non-hydrogen) atoms. The Kier molecular flexibility index (Phi) is 4.22. The molecular weight excluding hydrogens is 380 g/mol. The highest BCUT2D eigenvalue weighted by Crippen LogP contribution is 2.66. The van der Waals surface area contributed by atoms with Gasteiger partial charge in [-0.2, -0.15) is 5.10 Å². The summed E-state index contributed by atoms with van der Waals surface area (Å²) in [6.07, 6.45) is 14.4. The summed E-state index contributed by atoms with van der Waals surface area (Å²) in [5, 5.41) is 4.69. The van der Waals surface area contributed by atoms with E-state index in [4.69, 9.17) is 0 Å².